The van der Waals surface area contributed by atoms with Crippen LogP contribution in [0.15, 0.2) is 40.9 Å². The lowest BCUT2D eigenvalue weighted by Crippen LogP contribution is -2.39. The molecule has 1 atom stereocenters. The van der Waals surface area contributed by atoms with Gasteiger partial charge < -0.3 is 20.3 Å². The van der Waals surface area contributed by atoms with Crippen LogP contribution in [0.5, 0.6) is 5.75 Å². The third-order valence-corrected chi connectivity index (χ3v) is 8.05. The first-order valence-electron chi connectivity index (χ1n) is 12.2. The van der Waals surface area contributed by atoms with E-state index in [4.69, 9.17) is 10.5 Å². The van der Waals surface area contributed by atoms with Crippen molar-refractivity contribution in [3.63, 3.8) is 0 Å². The van der Waals surface area contributed by atoms with Gasteiger partial charge in [0.2, 0.25) is 0 Å². The van der Waals surface area contributed by atoms with Gasteiger partial charge in [-0.3, -0.25) is 4.79 Å². The van der Waals surface area contributed by atoms with Crippen LogP contribution in [-0.4, -0.2) is 62.8 Å². The van der Waals surface area contributed by atoms with Gasteiger partial charge in [-0.1, -0.05) is 12.1 Å². The molecule has 186 valence electrons. The minimum absolute atomic E-state index is 0.0218. The molecule has 1 aromatic heterocycles. The first-order valence-corrected chi connectivity index (χ1v) is 13.8. The number of likely N-dealkylation sites (tertiary alicyclic amines) is 1. The molecule has 2 fully saturated rings. The van der Waals surface area contributed by atoms with Crippen LogP contribution in [-0.2, 0) is 15.8 Å². The lowest BCUT2D eigenvalue weighted by molar-refractivity contribution is 0.0724. The number of carbonyl (C=O) groups excluding carboxylic acids is 1. The number of amides is 1. The summed E-state index contributed by atoms with van der Waals surface area (Å²) in [4.78, 5) is 21.7. The number of carbonyl (C=O) groups is 1. The molecule has 4 heterocycles. The maximum absolute atomic E-state index is 12.9. The number of amidine groups is 1. The van der Waals surface area contributed by atoms with Crippen LogP contribution in [0.1, 0.15) is 53.6 Å². The number of anilines is 1. The molecule has 3 aliphatic rings. The largest absolute Gasteiger partial charge is 0.492 e. The summed E-state index contributed by atoms with van der Waals surface area (Å²) in [6.07, 6.45) is 7.04. The highest BCUT2D eigenvalue weighted by atomic mass is 32.2. The molecule has 35 heavy (non-hydrogen) atoms. The molecule has 0 radical (unpaired) electrons. The van der Waals surface area contributed by atoms with Gasteiger partial charge in [0.1, 0.15) is 17.4 Å². The van der Waals surface area contributed by atoms with Crippen molar-refractivity contribution in [2.24, 2.45) is 16.0 Å². The maximum atomic E-state index is 12.9. The van der Waals surface area contributed by atoms with E-state index in [0.29, 0.717) is 29.0 Å². The number of aromatic nitrogens is 1. The number of rotatable bonds is 5. The van der Waals surface area contributed by atoms with E-state index in [1.54, 1.807) is 30.5 Å². The number of fused-ring (bicyclic) bond motifs is 1. The van der Waals surface area contributed by atoms with Gasteiger partial charge in [0.15, 0.2) is 0 Å². The van der Waals surface area contributed by atoms with E-state index in [9.17, 15) is 13.2 Å². The van der Waals surface area contributed by atoms with Crippen molar-refractivity contribution in [2.45, 2.75) is 37.9 Å². The second kappa shape index (κ2) is 9.85. The fraction of sp³-hybridized carbons (Fsp3) is 0.480. The van der Waals surface area contributed by atoms with Crippen molar-refractivity contribution in [3.8, 4) is 5.75 Å². The first kappa shape index (κ1) is 23.6. The molecule has 2 aromatic rings. The Balaban J connectivity index is 1.25. The van der Waals surface area contributed by atoms with Crippen molar-refractivity contribution in [3.05, 3.63) is 53.2 Å². The van der Waals surface area contributed by atoms with Crippen molar-refractivity contribution >= 4 is 27.6 Å². The van der Waals surface area contributed by atoms with E-state index in [-0.39, 0.29) is 23.4 Å². The summed E-state index contributed by atoms with van der Waals surface area (Å²) in [6, 6.07) is 9.04. The van der Waals surface area contributed by atoms with E-state index in [0.717, 1.165) is 57.7 Å². The molecule has 0 saturated carbocycles. The molecule has 1 aromatic carbocycles. The SMILES string of the molecule is NC1=NS(=O)(=O)Cc2cccc(OC[C@H]3CCCN(c4cc(C(=O)N5CCCCC5)ccn4)C3)c21. The number of hydrogen-bond donors (Lipinski definition) is 1. The highest BCUT2D eigenvalue weighted by Gasteiger charge is 2.27. The maximum Gasteiger partial charge on any atom is 0.259 e. The highest BCUT2D eigenvalue weighted by molar-refractivity contribution is 7.89. The molecule has 0 unspecified atom stereocenters. The lowest BCUT2D eigenvalue weighted by Gasteiger charge is -2.34. The van der Waals surface area contributed by atoms with E-state index < -0.39 is 10.0 Å². The fourth-order valence-corrected chi connectivity index (χ4v) is 6.24. The summed E-state index contributed by atoms with van der Waals surface area (Å²) in [7, 11) is -3.59. The van der Waals surface area contributed by atoms with E-state index in [1.165, 1.54) is 6.42 Å². The van der Waals surface area contributed by atoms with E-state index in [2.05, 4.69) is 14.3 Å². The zero-order valence-electron chi connectivity index (χ0n) is 19.7. The topological polar surface area (TPSA) is 118 Å². The predicted molar refractivity (Wildman–Crippen MR) is 134 cm³/mol. The Labute approximate surface area is 206 Å². The van der Waals surface area contributed by atoms with E-state index in [1.807, 2.05) is 11.0 Å². The van der Waals surface area contributed by atoms with Crippen LogP contribution in [0.2, 0.25) is 0 Å². The van der Waals surface area contributed by atoms with E-state index >= 15 is 0 Å². The summed E-state index contributed by atoms with van der Waals surface area (Å²) in [5, 5.41) is 0. The molecular formula is C25H31N5O4S. The molecule has 0 spiro atoms. The van der Waals surface area contributed by atoms with Crippen LogP contribution in [0, 0.1) is 5.92 Å². The molecule has 3 aliphatic heterocycles. The average Bonchev–Trinajstić information content (AvgIpc) is 2.87. The fourth-order valence-electron chi connectivity index (χ4n) is 5.15. The zero-order chi connectivity index (χ0) is 24.4. The lowest BCUT2D eigenvalue weighted by atomic mass is 9.98. The van der Waals surface area contributed by atoms with Crippen LogP contribution >= 0.6 is 0 Å². The van der Waals surface area contributed by atoms with Gasteiger partial charge in [0.05, 0.1) is 17.9 Å². The number of piperidine rings is 2. The number of sulfonamides is 1. The normalized spacial score (nSPS) is 21.7. The Bertz CT molecular complexity index is 1240. The summed E-state index contributed by atoms with van der Waals surface area (Å²) in [6.45, 7) is 3.76. The summed E-state index contributed by atoms with van der Waals surface area (Å²) in [5.41, 5.74) is 7.84. The van der Waals surface area contributed by atoms with Gasteiger partial charge in [-0.25, -0.2) is 13.4 Å². The Kier molecular flexibility index (Phi) is 6.64. The Hall–Kier alpha value is -3.14. The van der Waals surface area contributed by atoms with Crippen molar-refractivity contribution in [2.75, 3.05) is 37.7 Å². The monoisotopic (exact) mass is 497 g/mol. The second-order valence-corrected chi connectivity index (χ2v) is 11.1. The number of pyridine rings is 1. The van der Waals surface area contributed by atoms with Crippen LogP contribution in [0.25, 0.3) is 0 Å². The van der Waals surface area contributed by atoms with Crippen LogP contribution in [0.4, 0.5) is 5.82 Å². The molecule has 1 amide bonds. The Morgan fingerprint density at radius 1 is 1.11 bits per heavy atom. The van der Waals surface area contributed by atoms with Crippen LogP contribution < -0.4 is 15.4 Å². The van der Waals surface area contributed by atoms with Crippen molar-refractivity contribution in [1.29, 1.82) is 0 Å². The number of hydrogen-bond acceptors (Lipinski definition) is 7. The Morgan fingerprint density at radius 3 is 2.77 bits per heavy atom. The summed E-state index contributed by atoms with van der Waals surface area (Å²) >= 11 is 0. The molecule has 2 saturated heterocycles. The van der Waals surface area contributed by atoms with Gasteiger partial charge in [0.25, 0.3) is 15.9 Å². The quantitative estimate of drug-likeness (QED) is 0.674. The molecule has 0 bridgehead atoms. The molecule has 2 N–H and O–H groups in total. The van der Waals surface area contributed by atoms with Gasteiger partial charge in [-0.2, -0.15) is 0 Å². The smallest absolute Gasteiger partial charge is 0.259 e. The second-order valence-electron chi connectivity index (χ2n) is 9.51. The molecule has 10 heteroatoms. The number of nitrogens with zero attached hydrogens (tertiary/aromatic N) is 4. The highest BCUT2D eigenvalue weighted by Crippen LogP contribution is 2.30. The third kappa shape index (κ3) is 5.27. The summed E-state index contributed by atoms with van der Waals surface area (Å²) < 4.78 is 33.6. The van der Waals surface area contributed by atoms with Crippen LogP contribution in [0.3, 0.4) is 0 Å². The van der Waals surface area contributed by atoms with Crippen molar-refractivity contribution < 1.29 is 17.9 Å². The minimum Gasteiger partial charge on any atom is -0.492 e. The van der Waals surface area contributed by atoms with Gasteiger partial charge >= 0.3 is 0 Å². The predicted octanol–water partition coefficient (Wildman–Crippen LogP) is 2.55. The third-order valence-electron chi connectivity index (χ3n) is 6.90. The van der Waals surface area contributed by atoms with Gasteiger partial charge in [-0.05, 0) is 55.9 Å². The summed E-state index contributed by atoms with van der Waals surface area (Å²) in [5.74, 6) is 1.52. The number of nitrogens with two attached hydrogens (primary N) is 1. The number of ether oxygens (including phenoxy) is 1. The molecule has 9 nitrogen and oxygen atoms in total. The van der Waals surface area contributed by atoms with Gasteiger partial charge in [-0.15, -0.1) is 4.40 Å². The standard InChI is InChI=1S/C25H31N5O4S/c26-24-23-20(17-35(32,33)28-24)7-4-8-21(23)34-16-18-6-5-13-30(15-18)22-14-19(9-10-27-22)25(31)29-11-2-1-3-12-29/h4,7-10,14,18H,1-3,5-6,11-13,15-17H2,(H2,26,28)/t18-/m0/s1. The molecular weight excluding hydrogens is 466 g/mol. The average molecular weight is 498 g/mol. The first-order chi connectivity index (χ1) is 16.9. The molecule has 5 rings (SSSR count). The Morgan fingerprint density at radius 2 is 1.94 bits per heavy atom. The molecule has 0 aliphatic carbocycles. The van der Waals surface area contributed by atoms with Crippen molar-refractivity contribution in [1.82, 2.24) is 9.88 Å². The number of benzene rings is 1. The minimum atomic E-state index is -3.59. The van der Waals surface area contributed by atoms with Gasteiger partial charge in [0, 0.05) is 43.9 Å². The zero-order valence-corrected chi connectivity index (χ0v) is 20.5.